The summed E-state index contributed by atoms with van der Waals surface area (Å²) in [6.45, 7) is 11.4. The van der Waals surface area contributed by atoms with Crippen LogP contribution < -0.4 is 0 Å². The van der Waals surface area contributed by atoms with Crippen molar-refractivity contribution >= 4 is 17.9 Å². The molecule has 0 saturated carbocycles. The Hall–Kier alpha value is -1.59. The number of esters is 3. The minimum absolute atomic E-state index is 0.0637. The molecule has 0 N–H and O–H groups in total. The minimum atomic E-state index is -0.762. The van der Waals surface area contributed by atoms with Crippen LogP contribution in [-0.4, -0.2) is 37.2 Å². The van der Waals surface area contributed by atoms with Gasteiger partial charge in [0.25, 0.3) is 0 Å². The number of carbonyl (C=O) groups excluding carboxylic acids is 3. The SMILES string of the molecule is CCCCCCCCCCCCCCCCCC(=O)O[C@@H](COC(=O)CCCCCCCCCCCCC(C)C)COC(=O)CCCCCCCCCCCCC(C)CC. The molecule has 0 bridgehead atoms. The van der Waals surface area contributed by atoms with Crippen LogP contribution in [0.1, 0.15) is 298 Å². The quantitative estimate of drug-likeness (QED) is 0.0345. The van der Waals surface area contributed by atoms with Crippen molar-refractivity contribution in [1.29, 1.82) is 0 Å². The number of ether oxygens (including phenoxy) is 3. The fourth-order valence-electron chi connectivity index (χ4n) is 8.13. The van der Waals surface area contributed by atoms with Crippen LogP contribution in [0, 0.1) is 11.8 Å². The van der Waals surface area contributed by atoms with E-state index in [9.17, 15) is 14.4 Å². The van der Waals surface area contributed by atoms with Crippen LogP contribution in [0.15, 0.2) is 0 Å². The van der Waals surface area contributed by atoms with Crippen molar-refractivity contribution in [2.24, 2.45) is 11.8 Å². The number of hydrogen-bond acceptors (Lipinski definition) is 6. The third-order valence-electron chi connectivity index (χ3n) is 12.6. The van der Waals surface area contributed by atoms with Crippen LogP contribution in [0.4, 0.5) is 0 Å². The van der Waals surface area contributed by atoms with Gasteiger partial charge in [-0.3, -0.25) is 14.4 Å². The molecule has 356 valence electrons. The van der Waals surface area contributed by atoms with E-state index in [1.165, 1.54) is 186 Å². The van der Waals surface area contributed by atoms with E-state index < -0.39 is 6.10 Å². The highest BCUT2D eigenvalue weighted by atomic mass is 16.6. The lowest BCUT2D eigenvalue weighted by Crippen LogP contribution is -2.30. The summed E-state index contributed by atoms with van der Waals surface area (Å²) in [5, 5.41) is 0. The fourth-order valence-corrected chi connectivity index (χ4v) is 8.13. The van der Waals surface area contributed by atoms with Crippen LogP contribution in [-0.2, 0) is 28.6 Å². The highest BCUT2D eigenvalue weighted by molar-refractivity contribution is 5.71. The van der Waals surface area contributed by atoms with E-state index >= 15 is 0 Å². The van der Waals surface area contributed by atoms with Gasteiger partial charge < -0.3 is 14.2 Å². The fraction of sp³-hybridized carbons (Fsp3) is 0.944. The van der Waals surface area contributed by atoms with E-state index in [1.807, 2.05) is 0 Å². The average molecular weight is 849 g/mol. The van der Waals surface area contributed by atoms with Gasteiger partial charge in [-0.15, -0.1) is 0 Å². The topological polar surface area (TPSA) is 78.9 Å². The maximum absolute atomic E-state index is 12.8. The zero-order chi connectivity index (χ0) is 44.0. The third kappa shape index (κ3) is 45.9. The summed E-state index contributed by atoms with van der Waals surface area (Å²) in [7, 11) is 0. The summed E-state index contributed by atoms with van der Waals surface area (Å²) in [4.78, 5) is 38.0. The summed E-state index contributed by atoms with van der Waals surface area (Å²) < 4.78 is 16.8. The molecule has 0 aliphatic carbocycles. The second-order valence-electron chi connectivity index (χ2n) is 19.2. The second-order valence-corrected chi connectivity index (χ2v) is 19.2. The Morgan fingerprint density at radius 2 is 0.633 bits per heavy atom. The molecule has 0 saturated heterocycles. The first-order chi connectivity index (χ1) is 29.3. The molecule has 2 atom stereocenters. The van der Waals surface area contributed by atoms with Gasteiger partial charge in [-0.25, -0.2) is 0 Å². The van der Waals surface area contributed by atoms with E-state index in [0.717, 1.165) is 69.6 Å². The lowest BCUT2D eigenvalue weighted by Gasteiger charge is -2.18. The predicted octanol–water partition coefficient (Wildman–Crippen LogP) is 17.3. The zero-order valence-corrected chi connectivity index (χ0v) is 41.1. The predicted molar refractivity (Wildman–Crippen MR) is 256 cm³/mol. The maximum Gasteiger partial charge on any atom is 0.306 e. The van der Waals surface area contributed by atoms with Crippen molar-refractivity contribution in [2.45, 2.75) is 304 Å². The molecule has 60 heavy (non-hydrogen) atoms. The molecule has 0 radical (unpaired) electrons. The highest BCUT2D eigenvalue weighted by Gasteiger charge is 2.19. The van der Waals surface area contributed by atoms with E-state index in [-0.39, 0.29) is 31.1 Å². The molecule has 1 unspecified atom stereocenters. The number of unbranched alkanes of at least 4 members (excludes halogenated alkanes) is 32. The molecule has 6 heteroatoms. The molecular formula is C54H104O6. The molecule has 0 aromatic carbocycles. The summed E-state index contributed by atoms with van der Waals surface area (Å²) >= 11 is 0. The van der Waals surface area contributed by atoms with Crippen molar-refractivity contribution in [1.82, 2.24) is 0 Å². The van der Waals surface area contributed by atoms with Crippen molar-refractivity contribution in [3.8, 4) is 0 Å². The summed E-state index contributed by atoms with van der Waals surface area (Å²) in [5.74, 6) is 0.842. The zero-order valence-electron chi connectivity index (χ0n) is 41.1. The van der Waals surface area contributed by atoms with Crippen molar-refractivity contribution < 1.29 is 28.6 Å². The van der Waals surface area contributed by atoms with Gasteiger partial charge in [0.1, 0.15) is 13.2 Å². The van der Waals surface area contributed by atoms with Gasteiger partial charge in [0.05, 0.1) is 0 Å². The van der Waals surface area contributed by atoms with E-state index in [2.05, 4.69) is 34.6 Å². The monoisotopic (exact) mass is 849 g/mol. The second kappa shape index (κ2) is 46.9. The molecule has 0 aliphatic heterocycles. The first-order valence-electron chi connectivity index (χ1n) is 26.8. The molecule has 6 nitrogen and oxygen atoms in total. The molecule has 0 aromatic rings. The normalized spacial score (nSPS) is 12.5. The first kappa shape index (κ1) is 58.4. The lowest BCUT2D eigenvalue weighted by atomic mass is 9.99. The Labute approximate surface area is 374 Å². The number of carbonyl (C=O) groups is 3. The Morgan fingerprint density at radius 1 is 0.350 bits per heavy atom. The molecule has 0 aliphatic rings. The average Bonchev–Trinajstić information content (AvgIpc) is 3.23. The Morgan fingerprint density at radius 3 is 0.950 bits per heavy atom. The Kier molecular flexibility index (Phi) is 45.7. The van der Waals surface area contributed by atoms with Crippen LogP contribution in [0.5, 0.6) is 0 Å². The van der Waals surface area contributed by atoms with Crippen LogP contribution in [0.2, 0.25) is 0 Å². The van der Waals surface area contributed by atoms with Crippen molar-refractivity contribution in [2.75, 3.05) is 13.2 Å². The maximum atomic E-state index is 12.8. The lowest BCUT2D eigenvalue weighted by molar-refractivity contribution is -0.167. The smallest absolute Gasteiger partial charge is 0.306 e. The molecular weight excluding hydrogens is 745 g/mol. The molecule has 0 heterocycles. The molecule has 0 fully saturated rings. The Balaban J connectivity index is 4.33. The van der Waals surface area contributed by atoms with Gasteiger partial charge in [-0.2, -0.15) is 0 Å². The summed E-state index contributed by atoms with van der Waals surface area (Å²) in [6, 6.07) is 0. The van der Waals surface area contributed by atoms with Crippen LogP contribution >= 0.6 is 0 Å². The van der Waals surface area contributed by atoms with Crippen molar-refractivity contribution in [3.05, 3.63) is 0 Å². The number of hydrogen-bond donors (Lipinski definition) is 0. The largest absolute Gasteiger partial charge is 0.462 e. The van der Waals surface area contributed by atoms with Gasteiger partial charge >= 0.3 is 17.9 Å². The van der Waals surface area contributed by atoms with Crippen LogP contribution in [0.3, 0.4) is 0 Å². The van der Waals surface area contributed by atoms with Crippen LogP contribution in [0.25, 0.3) is 0 Å². The number of rotatable bonds is 48. The standard InChI is InChI=1S/C54H104O6/c1-6-8-9-10-11-12-13-14-15-16-17-26-31-36-41-46-54(57)60-51(47-58-52(55)44-39-34-29-24-20-18-22-27-32-37-42-49(3)4)48-59-53(56)45-40-35-30-25-21-19-23-28-33-38-43-50(5)7-2/h49-51H,6-48H2,1-5H3/t50?,51-/m0/s1. The highest BCUT2D eigenvalue weighted by Crippen LogP contribution is 2.18. The van der Waals surface area contributed by atoms with Gasteiger partial charge in [0.15, 0.2) is 6.10 Å². The van der Waals surface area contributed by atoms with Gasteiger partial charge in [0.2, 0.25) is 0 Å². The summed E-state index contributed by atoms with van der Waals surface area (Å²) in [5.41, 5.74) is 0. The minimum Gasteiger partial charge on any atom is -0.462 e. The molecule has 0 rings (SSSR count). The van der Waals surface area contributed by atoms with Gasteiger partial charge in [-0.1, -0.05) is 259 Å². The van der Waals surface area contributed by atoms with E-state index in [0.29, 0.717) is 19.3 Å². The van der Waals surface area contributed by atoms with Crippen molar-refractivity contribution in [3.63, 3.8) is 0 Å². The molecule has 0 spiro atoms. The first-order valence-corrected chi connectivity index (χ1v) is 26.8. The molecule has 0 amide bonds. The van der Waals surface area contributed by atoms with Gasteiger partial charge in [0, 0.05) is 19.3 Å². The van der Waals surface area contributed by atoms with E-state index in [1.54, 1.807) is 0 Å². The van der Waals surface area contributed by atoms with E-state index in [4.69, 9.17) is 14.2 Å². The Bertz CT molecular complexity index is 918. The van der Waals surface area contributed by atoms with Gasteiger partial charge in [-0.05, 0) is 31.1 Å². The summed E-state index contributed by atoms with van der Waals surface area (Å²) in [6.07, 6.45) is 47.9. The molecule has 0 aromatic heterocycles. The third-order valence-corrected chi connectivity index (χ3v) is 12.6.